The molecule has 0 fully saturated rings. The van der Waals surface area contributed by atoms with Gasteiger partial charge in [-0.2, -0.15) is 0 Å². The summed E-state index contributed by atoms with van der Waals surface area (Å²) in [7, 11) is 1.38. The first-order valence-electron chi connectivity index (χ1n) is 5.72. The number of ketones is 1. The van der Waals surface area contributed by atoms with Crippen molar-refractivity contribution in [1.82, 2.24) is 0 Å². The van der Waals surface area contributed by atoms with E-state index in [-0.39, 0.29) is 6.42 Å². The van der Waals surface area contributed by atoms with Gasteiger partial charge in [-0.05, 0) is 20.3 Å². The summed E-state index contributed by atoms with van der Waals surface area (Å²) in [5.41, 5.74) is -2.16. The van der Waals surface area contributed by atoms with Crippen LogP contribution in [0, 0.1) is 29.1 Å². The Balaban J connectivity index is 3.12. The lowest BCUT2D eigenvalue weighted by molar-refractivity contribution is 0.0140. The molecule has 0 saturated carbocycles. The number of carbonyl (C=O) groups is 1. The van der Waals surface area contributed by atoms with Crippen LogP contribution in [0.25, 0.3) is 0 Å². The van der Waals surface area contributed by atoms with Crippen LogP contribution in [0.1, 0.15) is 37.0 Å². The molecule has 0 radical (unpaired) electrons. The molecule has 0 N–H and O–H groups in total. The standard InChI is InChI=1S/C13H13F5O2/c1-13(2,20-3)5-4-6(19)7-8(14)10(16)12(18)11(17)9(7)15/h4-5H2,1-3H3. The van der Waals surface area contributed by atoms with Crippen LogP contribution in [0.3, 0.4) is 0 Å². The Labute approximate surface area is 112 Å². The minimum Gasteiger partial charge on any atom is -0.379 e. The highest BCUT2D eigenvalue weighted by Gasteiger charge is 2.30. The molecular weight excluding hydrogens is 283 g/mol. The van der Waals surface area contributed by atoms with E-state index in [0.29, 0.717) is 0 Å². The third-order valence-electron chi connectivity index (χ3n) is 3.00. The van der Waals surface area contributed by atoms with Gasteiger partial charge in [0.1, 0.15) is 0 Å². The number of rotatable bonds is 5. The molecule has 0 aliphatic carbocycles. The van der Waals surface area contributed by atoms with Gasteiger partial charge in [0.05, 0.1) is 11.2 Å². The summed E-state index contributed by atoms with van der Waals surface area (Å²) >= 11 is 0. The molecule has 1 rings (SSSR count). The van der Waals surface area contributed by atoms with E-state index < -0.39 is 52.5 Å². The number of Topliss-reactive ketones (excluding diaryl/α,β-unsaturated/α-hetero) is 1. The van der Waals surface area contributed by atoms with Crippen molar-refractivity contribution in [2.45, 2.75) is 32.3 Å². The summed E-state index contributed by atoms with van der Waals surface area (Å²) < 4.78 is 70.5. The largest absolute Gasteiger partial charge is 0.379 e. The summed E-state index contributed by atoms with van der Waals surface area (Å²) in [4.78, 5) is 11.7. The minimum atomic E-state index is -2.28. The van der Waals surface area contributed by atoms with Gasteiger partial charge in [-0.15, -0.1) is 0 Å². The monoisotopic (exact) mass is 296 g/mol. The molecule has 0 aliphatic heterocycles. The molecule has 0 atom stereocenters. The molecule has 0 amide bonds. The zero-order chi connectivity index (χ0) is 15.7. The van der Waals surface area contributed by atoms with Crippen LogP contribution < -0.4 is 0 Å². The highest BCUT2D eigenvalue weighted by molar-refractivity contribution is 5.96. The first-order valence-corrected chi connectivity index (χ1v) is 5.72. The third kappa shape index (κ3) is 3.15. The van der Waals surface area contributed by atoms with Crippen molar-refractivity contribution in [3.63, 3.8) is 0 Å². The molecule has 0 aliphatic rings. The lowest BCUT2D eigenvalue weighted by Gasteiger charge is -2.22. The van der Waals surface area contributed by atoms with Gasteiger partial charge in [-0.1, -0.05) is 0 Å². The molecule has 0 saturated heterocycles. The highest BCUT2D eigenvalue weighted by Crippen LogP contribution is 2.25. The van der Waals surface area contributed by atoms with E-state index in [1.165, 1.54) is 7.11 Å². The van der Waals surface area contributed by atoms with E-state index in [2.05, 4.69) is 0 Å². The molecule has 112 valence electrons. The number of ether oxygens (including phenoxy) is 1. The fraction of sp³-hybridized carbons (Fsp3) is 0.462. The highest BCUT2D eigenvalue weighted by atomic mass is 19.2. The van der Waals surface area contributed by atoms with E-state index in [0.717, 1.165) is 0 Å². The summed E-state index contributed by atoms with van der Waals surface area (Å²) in [5.74, 6) is -11.9. The van der Waals surface area contributed by atoms with E-state index in [9.17, 15) is 26.7 Å². The van der Waals surface area contributed by atoms with Crippen LogP contribution in [-0.2, 0) is 4.74 Å². The normalized spacial score (nSPS) is 11.8. The van der Waals surface area contributed by atoms with Crippen molar-refractivity contribution >= 4 is 5.78 Å². The molecule has 7 heteroatoms. The maximum atomic E-state index is 13.4. The Morgan fingerprint density at radius 1 is 0.950 bits per heavy atom. The van der Waals surface area contributed by atoms with Crippen molar-refractivity contribution in [2.75, 3.05) is 7.11 Å². The second kappa shape index (κ2) is 5.87. The Morgan fingerprint density at radius 3 is 1.75 bits per heavy atom. The van der Waals surface area contributed by atoms with Crippen LogP contribution in [0.4, 0.5) is 22.0 Å². The van der Waals surface area contributed by atoms with Gasteiger partial charge in [-0.3, -0.25) is 4.79 Å². The van der Waals surface area contributed by atoms with Crippen molar-refractivity contribution in [1.29, 1.82) is 0 Å². The number of halogens is 5. The van der Waals surface area contributed by atoms with Crippen LogP contribution in [-0.4, -0.2) is 18.5 Å². The lowest BCUT2D eigenvalue weighted by Crippen LogP contribution is -2.24. The molecule has 2 nitrogen and oxygen atoms in total. The Bertz CT molecular complexity index is 511. The smallest absolute Gasteiger partial charge is 0.200 e. The fourth-order valence-corrected chi connectivity index (χ4v) is 1.49. The maximum absolute atomic E-state index is 13.4. The average Bonchev–Trinajstić information content (AvgIpc) is 2.41. The number of hydrogen-bond acceptors (Lipinski definition) is 2. The quantitative estimate of drug-likeness (QED) is 0.358. The fourth-order valence-electron chi connectivity index (χ4n) is 1.49. The molecule has 0 bridgehead atoms. The van der Waals surface area contributed by atoms with Gasteiger partial charge in [0, 0.05) is 13.5 Å². The molecule has 20 heavy (non-hydrogen) atoms. The average molecular weight is 296 g/mol. The van der Waals surface area contributed by atoms with Crippen LogP contribution in [0.5, 0.6) is 0 Å². The topological polar surface area (TPSA) is 26.3 Å². The van der Waals surface area contributed by atoms with Gasteiger partial charge < -0.3 is 4.74 Å². The first kappa shape index (κ1) is 16.6. The van der Waals surface area contributed by atoms with Gasteiger partial charge in [0.15, 0.2) is 29.1 Å². The number of carbonyl (C=O) groups excluding carboxylic acids is 1. The van der Waals surface area contributed by atoms with Crippen LogP contribution in [0.2, 0.25) is 0 Å². The molecule has 1 aromatic rings. The summed E-state index contributed by atoms with van der Waals surface area (Å²) in [6, 6.07) is 0. The van der Waals surface area contributed by atoms with Gasteiger partial charge in [0.2, 0.25) is 5.82 Å². The molecule has 0 heterocycles. The Kier molecular flexibility index (Phi) is 4.86. The molecule has 1 aromatic carbocycles. The van der Waals surface area contributed by atoms with Crippen molar-refractivity contribution in [3.05, 3.63) is 34.6 Å². The zero-order valence-corrected chi connectivity index (χ0v) is 11.1. The predicted octanol–water partition coefficient (Wildman–Crippen LogP) is 3.77. The lowest BCUT2D eigenvalue weighted by atomic mass is 9.97. The Hall–Kier alpha value is -1.50. The third-order valence-corrected chi connectivity index (χ3v) is 3.00. The number of methoxy groups -OCH3 is 1. The van der Waals surface area contributed by atoms with E-state index in [4.69, 9.17) is 4.74 Å². The van der Waals surface area contributed by atoms with Crippen molar-refractivity contribution in [2.24, 2.45) is 0 Å². The molecular formula is C13H13F5O2. The van der Waals surface area contributed by atoms with E-state index >= 15 is 0 Å². The SMILES string of the molecule is COC(C)(C)CCC(=O)c1c(F)c(F)c(F)c(F)c1F. The number of hydrogen-bond donors (Lipinski definition) is 0. The van der Waals surface area contributed by atoms with Crippen molar-refractivity contribution < 1.29 is 31.5 Å². The van der Waals surface area contributed by atoms with E-state index in [1.54, 1.807) is 13.8 Å². The molecule has 0 aromatic heterocycles. The van der Waals surface area contributed by atoms with Gasteiger partial charge in [-0.25, -0.2) is 22.0 Å². The second-order valence-corrected chi connectivity index (χ2v) is 4.83. The van der Waals surface area contributed by atoms with Gasteiger partial charge >= 0.3 is 0 Å². The number of benzene rings is 1. The van der Waals surface area contributed by atoms with E-state index in [1.807, 2.05) is 0 Å². The second-order valence-electron chi connectivity index (χ2n) is 4.83. The predicted molar refractivity (Wildman–Crippen MR) is 60.9 cm³/mol. The summed E-state index contributed by atoms with van der Waals surface area (Å²) in [6.07, 6.45) is -0.332. The zero-order valence-electron chi connectivity index (χ0n) is 11.1. The van der Waals surface area contributed by atoms with Crippen molar-refractivity contribution in [3.8, 4) is 0 Å². The molecule has 0 unspecified atom stereocenters. The Morgan fingerprint density at radius 2 is 1.35 bits per heavy atom. The minimum absolute atomic E-state index is 0.0713. The summed E-state index contributed by atoms with van der Waals surface area (Å²) in [6.45, 7) is 3.25. The van der Waals surface area contributed by atoms with Gasteiger partial charge in [0.25, 0.3) is 0 Å². The molecule has 0 spiro atoms. The summed E-state index contributed by atoms with van der Waals surface area (Å²) in [5, 5.41) is 0. The van der Waals surface area contributed by atoms with Crippen LogP contribution >= 0.6 is 0 Å². The maximum Gasteiger partial charge on any atom is 0.200 e. The van der Waals surface area contributed by atoms with Crippen LogP contribution in [0.15, 0.2) is 0 Å². The first-order chi connectivity index (χ1) is 9.12.